The molecule has 5 nitrogen and oxygen atoms in total. The number of carboxylic acid groups (broad SMARTS) is 1. The van der Waals surface area contributed by atoms with Gasteiger partial charge >= 0.3 is 5.97 Å². The first kappa shape index (κ1) is 15.3. The van der Waals surface area contributed by atoms with Crippen molar-refractivity contribution in [3.05, 3.63) is 53.3 Å². The second kappa shape index (κ2) is 7.04. The molecule has 0 aliphatic heterocycles. The van der Waals surface area contributed by atoms with Crippen molar-refractivity contribution >= 4 is 5.97 Å². The lowest BCUT2D eigenvalue weighted by Gasteiger charge is -2.15. The van der Waals surface area contributed by atoms with Gasteiger partial charge < -0.3 is 5.11 Å². The number of nitrogens with one attached hydrogen (secondary N) is 1. The van der Waals surface area contributed by atoms with Gasteiger partial charge in [-0.1, -0.05) is 37.3 Å². The molecule has 1 unspecified atom stereocenters. The first-order valence-electron chi connectivity index (χ1n) is 7.22. The van der Waals surface area contributed by atoms with E-state index in [1.807, 2.05) is 48.0 Å². The summed E-state index contributed by atoms with van der Waals surface area (Å²) in [7, 11) is 0. The highest BCUT2D eigenvalue weighted by molar-refractivity contribution is 5.75. The molecule has 0 aliphatic carbocycles. The zero-order valence-electron chi connectivity index (χ0n) is 12.4. The predicted octanol–water partition coefficient (Wildman–Crippen LogP) is 2.38. The van der Waals surface area contributed by atoms with Crippen LogP contribution in [0.15, 0.2) is 36.4 Å². The van der Waals surface area contributed by atoms with Crippen molar-refractivity contribution in [2.24, 2.45) is 0 Å². The Labute approximate surface area is 124 Å². The van der Waals surface area contributed by atoms with E-state index in [2.05, 4.69) is 17.3 Å². The molecule has 112 valence electrons. The minimum Gasteiger partial charge on any atom is -0.480 e. The molecule has 5 heteroatoms. The summed E-state index contributed by atoms with van der Waals surface area (Å²) in [5, 5.41) is 17.0. The van der Waals surface area contributed by atoms with E-state index in [1.54, 1.807) is 0 Å². The van der Waals surface area contributed by atoms with Gasteiger partial charge in [0.25, 0.3) is 0 Å². The molecule has 0 spiro atoms. The first-order valence-corrected chi connectivity index (χ1v) is 7.22. The molecule has 2 aromatic rings. The summed E-state index contributed by atoms with van der Waals surface area (Å²) in [5.74, 6) is -0.875. The Kier molecular flexibility index (Phi) is 5.11. The van der Waals surface area contributed by atoms with E-state index in [0.29, 0.717) is 6.54 Å². The first-order chi connectivity index (χ1) is 10.2. The maximum absolute atomic E-state index is 11.5. The molecule has 1 aromatic carbocycles. The van der Waals surface area contributed by atoms with E-state index < -0.39 is 12.0 Å². The maximum atomic E-state index is 11.5. The largest absolute Gasteiger partial charge is 0.480 e. The molecule has 0 aliphatic rings. The molecular weight excluding hydrogens is 266 g/mol. The highest BCUT2D eigenvalue weighted by atomic mass is 16.4. The molecule has 2 N–H and O–H groups in total. The Morgan fingerprint density at radius 3 is 2.62 bits per heavy atom. The smallest absolute Gasteiger partial charge is 0.325 e. The Balaban J connectivity index is 2.12. The van der Waals surface area contributed by atoms with E-state index in [9.17, 15) is 9.90 Å². The number of carboxylic acids is 1. The van der Waals surface area contributed by atoms with Crippen LogP contribution < -0.4 is 5.32 Å². The lowest BCUT2D eigenvalue weighted by molar-refractivity contribution is -0.139. The van der Waals surface area contributed by atoms with Crippen molar-refractivity contribution in [2.75, 3.05) is 0 Å². The number of benzene rings is 1. The Bertz CT molecular complexity index is 593. The van der Waals surface area contributed by atoms with Gasteiger partial charge in [0, 0.05) is 13.1 Å². The van der Waals surface area contributed by atoms with Crippen LogP contribution in [0, 0.1) is 0 Å². The van der Waals surface area contributed by atoms with Crippen molar-refractivity contribution in [1.29, 1.82) is 0 Å². The second-order valence-corrected chi connectivity index (χ2v) is 4.86. The predicted molar refractivity (Wildman–Crippen MR) is 80.9 cm³/mol. The molecular formula is C16H21N3O2. The fourth-order valence-electron chi connectivity index (χ4n) is 2.30. The molecule has 1 heterocycles. The SMILES string of the molecule is CCc1cc(CNC(C(=O)O)c2ccccc2)n(CC)n1. The second-order valence-electron chi connectivity index (χ2n) is 4.86. The third kappa shape index (κ3) is 3.70. The van der Waals surface area contributed by atoms with Crippen LogP contribution in [-0.4, -0.2) is 20.9 Å². The van der Waals surface area contributed by atoms with Crippen LogP contribution in [0.3, 0.4) is 0 Å². The summed E-state index contributed by atoms with van der Waals surface area (Å²) in [4.78, 5) is 11.5. The number of aliphatic carboxylic acids is 1. The average Bonchev–Trinajstić information content (AvgIpc) is 2.90. The number of carbonyl (C=O) groups is 1. The van der Waals surface area contributed by atoms with Gasteiger partial charge in [-0.2, -0.15) is 5.10 Å². The van der Waals surface area contributed by atoms with Crippen LogP contribution in [-0.2, 0) is 24.3 Å². The molecule has 1 atom stereocenters. The van der Waals surface area contributed by atoms with Gasteiger partial charge in [-0.15, -0.1) is 0 Å². The molecule has 0 bridgehead atoms. The van der Waals surface area contributed by atoms with Gasteiger partial charge in [0.05, 0.1) is 11.4 Å². The number of hydrogen-bond donors (Lipinski definition) is 2. The number of nitrogens with zero attached hydrogens (tertiary/aromatic N) is 2. The van der Waals surface area contributed by atoms with Crippen molar-refractivity contribution < 1.29 is 9.90 Å². The van der Waals surface area contributed by atoms with Gasteiger partial charge in [0.15, 0.2) is 0 Å². The van der Waals surface area contributed by atoms with Crippen molar-refractivity contribution in [3.8, 4) is 0 Å². The number of rotatable bonds is 7. The van der Waals surface area contributed by atoms with E-state index in [1.165, 1.54) is 0 Å². The fourth-order valence-corrected chi connectivity index (χ4v) is 2.30. The zero-order chi connectivity index (χ0) is 15.2. The lowest BCUT2D eigenvalue weighted by atomic mass is 10.1. The van der Waals surface area contributed by atoms with Crippen molar-refractivity contribution in [1.82, 2.24) is 15.1 Å². The van der Waals surface area contributed by atoms with Crippen LogP contribution in [0.1, 0.15) is 36.8 Å². The fraction of sp³-hybridized carbons (Fsp3) is 0.375. The monoisotopic (exact) mass is 287 g/mol. The van der Waals surface area contributed by atoms with E-state index >= 15 is 0 Å². The Morgan fingerprint density at radius 2 is 2.05 bits per heavy atom. The van der Waals surface area contributed by atoms with Crippen molar-refractivity contribution in [3.63, 3.8) is 0 Å². The van der Waals surface area contributed by atoms with Crippen LogP contribution in [0.25, 0.3) is 0 Å². The van der Waals surface area contributed by atoms with Gasteiger partial charge in [0.2, 0.25) is 0 Å². The van der Waals surface area contributed by atoms with Gasteiger partial charge in [-0.3, -0.25) is 14.8 Å². The van der Waals surface area contributed by atoms with Crippen molar-refractivity contribution in [2.45, 2.75) is 39.4 Å². The lowest BCUT2D eigenvalue weighted by Crippen LogP contribution is -2.29. The molecule has 0 amide bonds. The third-order valence-corrected chi connectivity index (χ3v) is 3.44. The molecule has 0 fully saturated rings. The minimum absolute atomic E-state index is 0.479. The van der Waals surface area contributed by atoms with Crippen LogP contribution in [0.4, 0.5) is 0 Å². The van der Waals surface area contributed by atoms with Crippen LogP contribution in [0.5, 0.6) is 0 Å². The third-order valence-electron chi connectivity index (χ3n) is 3.44. The van der Waals surface area contributed by atoms with Gasteiger partial charge in [-0.25, -0.2) is 0 Å². The molecule has 0 saturated carbocycles. The van der Waals surface area contributed by atoms with Gasteiger partial charge in [-0.05, 0) is 25.0 Å². The highest BCUT2D eigenvalue weighted by Gasteiger charge is 2.19. The summed E-state index contributed by atoms with van der Waals surface area (Å²) >= 11 is 0. The topological polar surface area (TPSA) is 67.2 Å². The summed E-state index contributed by atoms with van der Waals surface area (Å²) in [6, 6.07) is 10.5. The summed E-state index contributed by atoms with van der Waals surface area (Å²) in [5.41, 5.74) is 2.79. The normalized spacial score (nSPS) is 12.3. The standard InChI is InChI=1S/C16H21N3O2/c1-3-13-10-14(19(4-2)18-13)11-17-15(16(20)21)12-8-6-5-7-9-12/h5-10,15,17H,3-4,11H2,1-2H3,(H,20,21). The number of hydrogen-bond acceptors (Lipinski definition) is 3. The summed E-state index contributed by atoms with van der Waals surface area (Å²) < 4.78 is 1.91. The quantitative estimate of drug-likeness (QED) is 0.820. The molecule has 0 radical (unpaired) electrons. The Morgan fingerprint density at radius 1 is 1.33 bits per heavy atom. The van der Waals surface area contributed by atoms with Crippen LogP contribution >= 0.6 is 0 Å². The molecule has 21 heavy (non-hydrogen) atoms. The number of aromatic nitrogens is 2. The Hall–Kier alpha value is -2.14. The maximum Gasteiger partial charge on any atom is 0.325 e. The summed E-state index contributed by atoms with van der Waals surface area (Å²) in [6.45, 7) is 5.35. The van der Waals surface area contributed by atoms with Gasteiger partial charge in [0.1, 0.15) is 6.04 Å². The molecule has 0 saturated heterocycles. The molecule has 1 aromatic heterocycles. The van der Waals surface area contributed by atoms with Crippen LogP contribution in [0.2, 0.25) is 0 Å². The highest BCUT2D eigenvalue weighted by Crippen LogP contribution is 2.14. The number of aryl methyl sites for hydroxylation is 2. The molecule has 2 rings (SSSR count). The van der Waals surface area contributed by atoms with E-state index in [4.69, 9.17) is 0 Å². The average molecular weight is 287 g/mol. The summed E-state index contributed by atoms with van der Waals surface area (Å²) in [6.07, 6.45) is 0.876. The van der Waals surface area contributed by atoms with E-state index in [-0.39, 0.29) is 0 Å². The zero-order valence-corrected chi connectivity index (χ0v) is 12.4. The van der Waals surface area contributed by atoms with E-state index in [0.717, 1.165) is 29.9 Å². The minimum atomic E-state index is -0.875.